The fourth-order valence-electron chi connectivity index (χ4n) is 3.36. The number of aryl methyl sites for hydroxylation is 1. The van der Waals surface area contributed by atoms with Gasteiger partial charge >= 0.3 is 0 Å². The van der Waals surface area contributed by atoms with Crippen LogP contribution < -0.4 is 14.2 Å². The molecule has 0 aliphatic carbocycles. The number of sulfonamides is 1. The maximum atomic E-state index is 13.0. The SMILES string of the molecule is COc1ccc(OC)c(NS(=O)(=O)c2ccc(C)c(C(=O)N3CCCCC3)c2)c1. The van der Waals surface area contributed by atoms with E-state index in [-0.39, 0.29) is 16.5 Å². The van der Waals surface area contributed by atoms with Crippen LogP contribution in [-0.4, -0.2) is 46.5 Å². The summed E-state index contributed by atoms with van der Waals surface area (Å²) < 4.78 is 38.9. The quantitative estimate of drug-likeness (QED) is 0.777. The second-order valence-corrected chi connectivity index (χ2v) is 8.68. The highest BCUT2D eigenvalue weighted by Crippen LogP contribution is 2.31. The fraction of sp³-hybridized carbons (Fsp3) is 0.381. The van der Waals surface area contributed by atoms with Gasteiger partial charge in [-0.3, -0.25) is 9.52 Å². The highest BCUT2D eigenvalue weighted by molar-refractivity contribution is 7.92. The third kappa shape index (κ3) is 4.64. The summed E-state index contributed by atoms with van der Waals surface area (Å²) in [5.74, 6) is 0.734. The van der Waals surface area contributed by atoms with Crippen molar-refractivity contribution in [2.45, 2.75) is 31.1 Å². The standard InChI is InChI=1S/C21H26N2O5S/c1-15-7-9-17(14-18(15)21(24)23-11-5-4-6-12-23)29(25,26)22-19-13-16(27-2)8-10-20(19)28-3/h7-10,13-14,22H,4-6,11-12H2,1-3H3. The highest BCUT2D eigenvalue weighted by atomic mass is 32.2. The van der Waals surface area contributed by atoms with Gasteiger partial charge in [0, 0.05) is 24.7 Å². The van der Waals surface area contributed by atoms with Crippen LogP contribution in [-0.2, 0) is 10.0 Å². The largest absolute Gasteiger partial charge is 0.497 e. The monoisotopic (exact) mass is 418 g/mol. The van der Waals surface area contributed by atoms with E-state index in [1.165, 1.54) is 26.4 Å². The number of rotatable bonds is 6. The molecule has 2 aromatic carbocycles. The van der Waals surface area contributed by atoms with Crippen LogP contribution >= 0.6 is 0 Å². The third-order valence-corrected chi connectivity index (χ3v) is 6.41. The van der Waals surface area contributed by atoms with E-state index in [0.717, 1.165) is 24.8 Å². The maximum Gasteiger partial charge on any atom is 0.262 e. The Hall–Kier alpha value is -2.74. The normalized spacial score (nSPS) is 14.4. The molecule has 1 fully saturated rings. The Labute approximate surface area is 171 Å². The summed E-state index contributed by atoms with van der Waals surface area (Å²) in [6.45, 7) is 3.22. The molecule has 0 unspecified atom stereocenters. The lowest BCUT2D eigenvalue weighted by atomic mass is 10.1. The maximum absolute atomic E-state index is 13.0. The summed E-state index contributed by atoms with van der Waals surface area (Å²) >= 11 is 0. The molecule has 1 aliphatic heterocycles. The van der Waals surface area contributed by atoms with Crippen molar-refractivity contribution in [2.75, 3.05) is 32.0 Å². The molecular formula is C21H26N2O5S. The molecule has 0 radical (unpaired) electrons. The van der Waals surface area contributed by atoms with Crippen LogP contribution in [0.25, 0.3) is 0 Å². The Balaban J connectivity index is 1.92. The van der Waals surface area contributed by atoms with Crippen molar-refractivity contribution in [1.29, 1.82) is 0 Å². The molecule has 7 nitrogen and oxygen atoms in total. The van der Waals surface area contributed by atoms with Crippen molar-refractivity contribution >= 4 is 21.6 Å². The minimum absolute atomic E-state index is 0.0216. The molecule has 3 rings (SSSR count). The lowest BCUT2D eigenvalue weighted by Gasteiger charge is -2.27. The number of ether oxygens (including phenoxy) is 2. The first-order valence-electron chi connectivity index (χ1n) is 9.50. The summed E-state index contributed by atoms with van der Waals surface area (Å²) in [6, 6.07) is 9.45. The van der Waals surface area contributed by atoms with Gasteiger partial charge in [-0.05, 0) is 56.0 Å². The van der Waals surface area contributed by atoms with E-state index in [9.17, 15) is 13.2 Å². The second-order valence-electron chi connectivity index (χ2n) is 7.00. The molecule has 0 aromatic heterocycles. The Kier molecular flexibility index (Phi) is 6.32. The number of carbonyl (C=O) groups is 1. The van der Waals surface area contributed by atoms with Gasteiger partial charge in [-0.2, -0.15) is 0 Å². The van der Waals surface area contributed by atoms with Gasteiger partial charge in [0.15, 0.2) is 0 Å². The first kappa shape index (κ1) is 21.0. The van der Waals surface area contributed by atoms with Gasteiger partial charge in [0.1, 0.15) is 11.5 Å². The Bertz CT molecular complexity index is 998. The predicted octanol–water partition coefficient (Wildman–Crippen LogP) is 3.44. The summed E-state index contributed by atoms with van der Waals surface area (Å²) in [5.41, 5.74) is 1.42. The van der Waals surface area contributed by atoms with E-state index in [1.807, 2.05) is 6.92 Å². The molecule has 1 heterocycles. The molecular weight excluding hydrogens is 392 g/mol. The van der Waals surface area contributed by atoms with E-state index < -0.39 is 10.0 Å². The van der Waals surface area contributed by atoms with Crippen molar-refractivity contribution in [3.63, 3.8) is 0 Å². The Morgan fingerprint density at radius 2 is 1.72 bits per heavy atom. The highest BCUT2D eigenvalue weighted by Gasteiger charge is 2.23. The summed E-state index contributed by atoms with van der Waals surface area (Å²) in [5, 5.41) is 0. The number of carbonyl (C=O) groups excluding carboxylic acids is 1. The predicted molar refractivity (Wildman–Crippen MR) is 111 cm³/mol. The zero-order chi connectivity index (χ0) is 21.0. The summed E-state index contributed by atoms with van der Waals surface area (Å²) in [7, 11) is -0.973. The average Bonchev–Trinajstić information content (AvgIpc) is 2.73. The topological polar surface area (TPSA) is 84.9 Å². The number of amides is 1. The van der Waals surface area contributed by atoms with Crippen LogP contribution in [0.4, 0.5) is 5.69 Å². The number of hydrogen-bond donors (Lipinski definition) is 1. The third-order valence-electron chi connectivity index (χ3n) is 5.04. The van der Waals surface area contributed by atoms with Crippen LogP contribution in [0, 0.1) is 6.92 Å². The van der Waals surface area contributed by atoms with Gasteiger partial charge in [0.2, 0.25) is 0 Å². The first-order chi connectivity index (χ1) is 13.9. The molecule has 156 valence electrons. The van der Waals surface area contributed by atoms with Crippen LogP contribution in [0.5, 0.6) is 11.5 Å². The van der Waals surface area contributed by atoms with Crippen molar-refractivity contribution in [3.05, 3.63) is 47.5 Å². The van der Waals surface area contributed by atoms with E-state index in [0.29, 0.717) is 30.2 Å². The van der Waals surface area contributed by atoms with Gasteiger partial charge in [-0.15, -0.1) is 0 Å². The number of nitrogens with one attached hydrogen (secondary N) is 1. The second kappa shape index (κ2) is 8.73. The molecule has 1 N–H and O–H groups in total. The number of piperidine rings is 1. The molecule has 0 bridgehead atoms. The molecule has 29 heavy (non-hydrogen) atoms. The fourth-order valence-corrected chi connectivity index (χ4v) is 4.45. The molecule has 1 aliphatic rings. The molecule has 0 saturated carbocycles. The van der Waals surface area contributed by atoms with E-state index in [1.54, 1.807) is 29.2 Å². The summed E-state index contributed by atoms with van der Waals surface area (Å²) in [6.07, 6.45) is 3.06. The lowest BCUT2D eigenvalue weighted by molar-refractivity contribution is 0.0723. The Morgan fingerprint density at radius 3 is 2.38 bits per heavy atom. The van der Waals surface area contributed by atoms with Crippen LogP contribution in [0.2, 0.25) is 0 Å². The van der Waals surface area contributed by atoms with Crippen LogP contribution in [0.15, 0.2) is 41.3 Å². The van der Waals surface area contributed by atoms with Gasteiger partial charge in [-0.25, -0.2) is 8.42 Å². The van der Waals surface area contributed by atoms with Crippen LogP contribution in [0.1, 0.15) is 35.2 Å². The molecule has 0 atom stereocenters. The number of benzene rings is 2. The van der Waals surface area contributed by atoms with Crippen molar-refractivity contribution < 1.29 is 22.7 Å². The van der Waals surface area contributed by atoms with Crippen molar-refractivity contribution in [1.82, 2.24) is 4.90 Å². The van der Waals surface area contributed by atoms with Crippen LogP contribution in [0.3, 0.4) is 0 Å². The number of anilines is 1. The molecule has 1 saturated heterocycles. The van der Waals surface area contributed by atoms with Crippen molar-refractivity contribution in [3.8, 4) is 11.5 Å². The summed E-state index contributed by atoms with van der Waals surface area (Å²) in [4.78, 5) is 14.7. The van der Waals surface area contributed by atoms with Gasteiger partial charge < -0.3 is 14.4 Å². The Morgan fingerprint density at radius 1 is 1.00 bits per heavy atom. The van der Waals surface area contributed by atoms with Gasteiger partial charge in [0.05, 0.1) is 24.8 Å². The molecule has 8 heteroatoms. The first-order valence-corrected chi connectivity index (χ1v) is 11.0. The number of nitrogens with zero attached hydrogens (tertiary/aromatic N) is 1. The molecule has 1 amide bonds. The minimum Gasteiger partial charge on any atom is -0.497 e. The van der Waals surface area contributed by atoms with E-state index in [4.69, 9.17) is 9.47 Å². The zero-order valence-corrected chi connectivity index (χ0v) is 17.7. The van der Waals surface area contributed by atoms with E-state index in [2.05, 4.69) is 4.72 Å². The molecule has 2 aromatic rings. The number of methoxy groups -OCH3 is 2. The lowest BCUT2D eigenvalue weighted by Crippen LogP contribution is -2.36. The number of likely N-dealkylation sites (tertiary alicyclic amines) is 1. The average molecular weight is 419 g/mol. The smallest absolute Gasteiger partial charge is 0.262 e. The number of hydrogen-bond acceptors (Lipinski definition) is 5. The minimum atomic E-state index is -3.93. The zero-order valence-electron chi connectivity index (χ0n) is 16.9. The molecule has 0 spiro atoms. The van der Waals surface area contributed by atoms with Gasteiger partial charge in [0.25, 0.3) is 15.9 Å². The van der Waals surface area contributed by atoms with Gasteiger partial charge in [-0.1, -0.05) is 6.07 Å². The van der Waals surface area contributed by atoms with Crippen molar-refractivity contribution in [2.24, 2.45) is 0 Å². The van der Waals surface area contributed by atoms with E-state index >= 15 is 0 Å².